The minimum atomic E-state index is -1.13. The molecule has 0 radical (unpaired) electrons. The highest BCUT2D eigenvalue weighted by molar-refractivity contribution is 5.93. The summed E-state index contributed by atoms with van der Waals surface area (Å²) in [4.78, 5) is 14.8. The highest BCUT2D eigenvalue weighted by Crippen LogP contribution is 2.66. The maximum Gasteiger partial charge on any atom is 0.156 e. The fraction of sp³-hybridized carbons (Fsp3) is 0.606. The van der Waals surface area contributed by atoms with Crippen LogP contribution in [-0.2, 0) is 4.79 Å². The van der Waals surface area contributed by atoms with Gasteiger partial charge in [0.25, 0.3) is 0 Å². The third-order valence-electron chi connectivity index (χ3n) is 10.2. The third-order valence-corrected chi connectivity index (χ3v) is 10.2. The zero-order valence-electron chi connectivity index (χ0n) is 22.6. The maximum atomic E-state index is 12.3. The van der Waals surface area contributed by atoms with Crippen molar-refractivity contribution in [2.75, 3.05) is 18.0 Å². The second-order valence-electron chi connectivity index (χ2n) is 13.0. The lowest BCUT2D eigenvalue weighted by molar-refractivity contribution is -0.114. The van der Waals surface area contributed by atoms with E-state index in [0.717, 1.165) is 45.2 Å². The van der Waals surface area contributed by atoms with Crippen LogP contribution >= 0.6 is 0 Å². The molecular formula is C33H41NO3. The number of nitrogens with zero attached hydrogens (tertiary/aromatic N) is 1. The predicted molar refractivity (Wildman–Crippen MR) is 147 cm³/mol. The second-order valence-corrected chi connectivity index (χ2v) is 13.0. The quantitative estimate of drug-likeness (QED) is 0.513. The molecule has 0 amide bonds. The molecule has 37 heavy (non-hydrogen) atoms. The topological polar surface area (TPSA) is 60.8 Å². The van der Waals surface area contributed by atoms with E-state index in [4.69, 9.17) is 0 Å². The van der Waals surface area contributed by atoms with E-state index < -0.39 is 11.2 Å². The number of allylic oxidation sites excluding steroid dienone is 4. The fourth-order valence-electron chi connectivity index (χ4n) is 8.32. The van der Waals surface area contributed by atoms with Crippen molar-refractivity contribution in [2.45, 2.75) is 95.7 Å². The van der Waals surface area contributed by atoms with Gasteiger partial charge in [0.05, 0.1) is 0 Å². The van der Waals surface area contributed by atoms with Crippen LogP contribution in [0.5, 0.6) is 0 Å². The zero-order valence-corrected chi connectivity index (χ0v) is 22.6. The largest absolute Gasteiger partial charge is 0.378 e. The maximum absolute atomic E-state index is 12.3. The van der Waals surface area contributed by atoms with Gasteiger partial charge in [-0.3, -0.25) is 4.79 Å². The van der Waals surface area contributed by atoms with Gasteiger partial charge in [0, 0.05) is 36.5 Å². The molecule has 4 heteroatoms. The van der Waals surface area contributed by atoms with Gasteiger partial charge in [-0.2, -0.15) is 0 Å². The summed E-state index contributed by atoms with van der Waals surface area (Å²) < 4.78 is 0. The van der Waals surface area contributed by atoms with Crippen molar-refractivity contribution in [3.63, 3.8) is 0 Å². The van der Waals surface area contributed by atoms with Crippen molar-refractivity contribution in [2.24, 2.45) is 17.3 Å². The normalized spacial score (nSPS) is 35.4. The van der Waals surface area contributed by atoms with E-state index in [1.165, 1.54) is 35.2 Å². The summed E-state index contributed by atoms with van der Waals surface area (Å²) in [5.41, 5.74) is 4.26. The summed E-state index contributed by atoms with van der Waals surface area (Å²) in [5, 5.41) is 22.4. The van der Waals surface area contributed by atoms with E-state index in [9.17, 15) is 15.0 Å². The molecule has 3 fully saturated rings. The average Bonchev–Trinajstić information content (AvgIpc) is 3.49. The van der Waals surface area contributed by atoms with Gasteiger partial charge < -0.3 is 15.1 Å². The monoisotopic (exact) mass is 499 g/mol. The predicted octanol–water partition coefficient (Wildman–Crippen LogP) is 5.69. The molecule has 5 aliphatic rings. The molecule has 1 heterocycles. The number of fused-ring (bicyclic) bond motifs is 4. The highest BCUT2D eigenvalue weighted by atomic mass is 16.3. The molecule has 6 rings (SSSR count). The Morgan fingerprint density at radius 3 is 2.49 bits per heavy atom. The number of hydrogen-bond donors (Lipinski definition) is 2. The number of carbonyl (C=O) groups excluding carboxylic acids is 1. The molecule has 1 aromatic rings. The van der Waals surface area contributed by atoms with Crippen LogP contribution in [0, 0.1) is 29.1 Å². The van der Waals surface area contributed by atoms with E-state index in [-0.39, 0.29) is 17.1 Å². The van der Waals surface area contributed by atoms with Crippen LogP contribution in [0.15, 0.2) is 47.1 Å². The molecule has 2 saturated carbocycles. The SMILES string of the molecule is CC(C)(O)C#C[C@]1(O)CC[C@H]2[C@@H]3CCC4=CC(=O)CCC4=C3[C@@H](c3ccc(N4CCCC4)cc3)C[C@@]21C. The number of hydrogen-bond acceptors (Lipinski definition) is 4. The molecule has 2 N–H and O–H groups in total. The van der Waals surface area contributed by atoms with Crippen molar-refractivity contribution >= 4 is 11.5 Å². The number of anilines is 1. The molecule has 1 aliphatic heterocycles. The molecule has 0 unspecified atom stereocenters. The Hall–Kier alpha value is -2.35. The fourth-order valence-corrected chi connectivity index (χ4v) is 8.32. The minimum absolute atomic E-state index is 0.208. The zero-order chi connectivity index (χ0) is 26.0. The summed E-state index contributed by atoms with van der Waals surface area (Å²) in [6.45, 7) is 7.90. The molecule has 1 saturated heterocycles. The van der Waals surface area contributed by atoms with Crippen LogP contribution in [0.25, 0.3) is 0 Å². The van der Waals surface area contributed by atoms with E-state index in [1.54, 1.807) is 19.4 Å². The van der Waals surface area contributed by atoms with Crippen molar-refractivity contribution < 1.29 is 15.0 Å². The first-order chi connectivity index (χ1) is 17.6. The molecule has 196 valence electrons. The van der Waals surface area contributed by atoms with Gasteiger partial charge in [0.1, 0.15) is 11.2 Å². The summed E-state index contributed by atoms with van der Waals surface area (Å²) in [6, 6.07) is 9.20. The second kappa shape index (κ2) is 8.85. The lowest BCUT2D eigenvalue weighted by Gasteiger charge is -2.53. The van der Waals surface area contributed by atoms with Crippen molar-refractivity contribution in [1.82, 2.24) is 0 Å². The van der Waals surface area contributed by atoms with E-state index in [0.29, 0.717) is 24.7 Å². The van der Waals surface area contributed by atoms with Gasteiger partial charge in [-0.1, -0.05) is 36.5 Å². The van der Waals surface area contributed by atoms with Crippen molar-refractivity contribution in [3.8, 4) is 11.8 Å². The van der Waals surface area contributed by atoms with Gasteiger partial charge >= 0.3 is 0 Å². The number of carbonyl (C=O) groups is 1. The van der Waals surface area contributed by atoms with Gasteiger partial charge in [-0.15, -0.1) is 0 Å². The van der Waals surface area contributed by atoms with E-state index >= 15 is 0 Å². The van der Waals surface area contributed by atoms with Gasteiger partial charge in [-0.25, -0.2) is 0 Å². The number of ketones is 1. The Balaban J connectivity index is 1.45. The first-order valence-corrected chi connectivity index (χ1v) is 14.4. The Morgan fingerprint density at radius 1 is 1.05 bits per heavy atom. The molecule has 4 nitrogen and oxygen atoms in total. The summed E-state index contributed by atoms with van der Waals surface area (Å²) in [6.07, 6.45) is 10.3. The summed E-state index contributed by atoms with van der Waals surface area (Å²) in [5.74, 6) is 7.39. The third kappa shape index (κ3) is 4.19. The molecule has 0 spiro atoms. The Morgan fingerprint density at radius 2 is 1.78 bits per heavy atom. The van der Waals surface area contributed by atoms with Gasteiger partial charge in [-0.05, 0) is 112 Å². The molecular weight excluding hydrogens is 458 g/mol. The van der Waals surface area contributed by atoms with Crippen LogP contribution in [0.3, 0.4) is 0 Å². The smallest absolute Gasteiger partial charge is 0.156 e. The van der Waals surface area contributed by atoms with Crippen LogP contribution < -0.4 is 4.90 Å². The first-order valence-electron chi connectivity index (χ1n) is 14.4. The average molecular weight is 500 g/mol. The number of rotatable bonds is 2. The standard InChI is InChI=1S/C33H41NO3/c1-31(2,36)16-17-33(37)15-14-29-27-12-8-23-20-25(35)11-13-26(23)30(27)28(21-32(29,33)3)22-6-9-24(10-7-22)34-18-4-5-19-34/h6-7,9-10,20,27-29,36-37H,4-5,8,11-15,18-19,21H2,1-3H3/t27-,28+,29-,32-,33+/m0/s1. The van der Waals surface area contributed by atoms with Crippen molar-refractivity contribution in [1.29, 1.82) is 0 Å². The lowest BCUT2D eigenvalue weighted by Crippen LogP contribution is -2.51. The Bertz CT molecular complexity index is 1220. The van der Waals surface area contributed by atoms with E-state index in [1.807, 2.05) is 6.08 Å². The molecule has 1 aromatic carbocycles. The van der Waals surface area contributed by atoms with Gasteiger partial charge in [0.2, 0.25) is 0 Å². The first kappa shape index (κ1) is 25.0. The number of aliphatic hydroxyl groups is 2. The molecule has 4 aliphatic carbocycles. The molecule has 5 atom stereocenters. The van der Waals surface area contributed by atoms with E-state index in [2.05, 4.69) is 47.9 Å². The van der Waals surface area contributed by atoms with Crippen LogP contribution in [-0.4, -0.2) is 40.3 Å². The van der Waals surface area contributed by atoms with Crippen LogP contribution in [0.1, 0.15) is 90.0 Å². The van der Waals surface area contributed by atoms with Crippen LogP contribution in [0.2, 0.25) is 0 Å². The Labute approximate surface area is 221 Å². The van der Waals surface area contributed by atoms with Crippen molar-refractivity contribution in [3.05, 3.63) is 52.6 Å². The number of benzene rings is 1. The summed E-state index contributed by atoms with van der Waals surface area (Å²) in [7, 11) is 0. The molecule has 0 bridgehead atoms. The summed E-state index contributed by atoms with van der Waals surface area (Å²) >= 11 is 0. The lowest BCUT2D eigenvalue weighted by atomic mass is 9.51. The van der Waals surface area contributed by atoms with Gasteiger partial charge in [0.15, 0.2) is 5.78 Å². The molecule has 0 aromatic heterocycles. The Kier molecular flexibility index (Phi) is 5.97. The van der Waals surface area contributed by atoms with Crippen LogP contribution in [0.4, 0.5) is 5.69 Å². The highest BCUT2D eigenvalue weighted by Gasteiger charge is 2.62. The minimum Gasteiger partial charge on any atom is -0.378 e.